The van der Waals surface area contributed by atoms with E-state index in [9.17, 15) is 13.2 Å². The van der Waals surface area contributed by atoms with Crippen LogP contribution in [0.4, 0.5) is 13.2 Å². The Bertz CT molecular complexity index is 766. The number of benzene rings is 1. The van der Waals surface area contributed by atoms with Crippen LogP contribution in [0.3, 0.4) is 0 Å². The zero-order valence-corrected chi connectivity index (χ0v) is 14.2. The van der Waals surface area contributed by atoms with Crippen molar-refractivity contribution >= 4 is 0 Å². The van der Waals surface area contributed by atoms with Crippen molar-refractivity contribution in [2.24, 2.45) is 0 Å². The monoisotopic (exact) mass is 346 g/mol. The van der Waals surface area contributed by atoms with E-state index in [0.717, 1.165) is 55.5 Å². The summed E-state index contributed by atoms with van der Waals surface area (Å²) in [6.07, 6.45) is 1.88. The molecule has 1 aliphatic heterocycles. The molecular weight excluding hydrogens is 325 g/mol. The van der Waals surface area contributed by atoms with Crippen molar-refractivity contribution in [1.29, 1.82) is 0 Å². The third-order valence-corrected chi connectivity index (χ3v) is 4.36. The molecule has 25 heavy (non-hydrogen) atoms. The largest absolute Gasteiger partial charge is 0.416 e. The van der Waals surface area contributed by atoms with Crippen LogP contribution in [-0.2, 0) is 12.6 Å². The minimum absolute atomic E-state index is 0.572. The highest BCUT2D eigenvalue weighted by Crippen LogP contribution is 2.32. The van der Waals surface area contributed by atoms with Crippen molar-refractivity contribution < 1.29 is 13.2 Å². The first-order chi connectivity index (χ1) is 11.9. The lowest BCUT2D eigenvalue weighted by atomic mass is 10.0. The molecule has 2 heterocycles. The Morgan fingerprint density at radius 2 is 1.92 bits per heavy atom. The summed E-state index contributed by atoms with van der Waals surface area (Å²) in [5.41, 5.74) is 2.47. The van der Waals surface area contributed by atoms with E-state index in [1.807, 2.05) is 19.1 Å². The van der Waals surface area contributed by atoms with Crippen molar-refractivity contribution in [3.8, 4) is 11.1 Å². The standard InChI is InChI=1S/C20H21F3N2/c1-15-12-17(16-6-5-7-18(13-16)20(21,22)23)14-19(24-15)8-11-25-9-3-2-4-10-25/h2-3,5-7,12-14H,4,8-11H2,1H3. The first-order valence-corrected chi connectivity index (χ1v) is 8.44. The number of pyridine rings is 1. The van der Waals surface area contributed by atoms with Crippen LogP contribution in [0, 0.1) is 6.92 Å². The normalized spacial score (nSPS) is 15.5. The van der Waals surface area contributed by atoms with Gasteiger partial charge in [0, 0.05) is 37.4 Å². The van der Waals surface area contributed by atoms with E-state index in [1.165, 1.54) is 12.1 Å². The van der Waals surface area contributed by atoms with E-state index in [0.29, 0.717) is 5.56 Å². The topological polar surface area (TPSA) is 16.1 Å². The molecule has 0 N–H and O–H groups in total. The molecule has 2 nitrogen and oxygen atoms in total. The fourth-order valence-corrected chi connectivity index (χ4v) is 3.07. The Labute approximate surface area is 146 Å². The van der Waals surface area contributed by atoms with Gasteiger partial charge >= 0.3 is 6.18 Å². The molecule has 5 heteroatoms. The van der Waals surface area contributed by atoms with Gasteiger partial charge < -0.3 is 0 Å². The molecule has 0 aliphatic carbocycles. The summed E-state index contributed by atoms with van der Waals surface area (Å²) < 4.78 is 38.8. The summed E-state index contributed by atoms with van der Waals surface area (Å²) in [5, 5.41) is 0. The molecule has 0 atom stereocenters. The lowest BCUT2D eigenvalue weighted by molar-refractivity contribution is -0.137. The Hall–Kier alpha value is -2.14. The molecule has 0 radical (unpaired) electrons. The summed E-state index contributed by atoms with van der Waals surface area (Å²) in [4.78, 5) is 6.90. The second-order valence-electron chi connectivity index (χ2n) is 6.38. The van der Waals surface area contributed by atoms with Crippen molar-refractivity contribution in [1.82, 2.24) is 9.88 Å². The highest BCUT2D eigenvalue weighted by Gasteiger charge is 2.30. The fourth-order valence-electron chi connectivity index (χ4n) is 3.07. The third kappa shape index (κ3) is 4.69. The Balaban J connectivity index is 1.80. The maximum atomic E-state index is 12.9. The minimum Gasteiger partial charge on any atom is -0.299 e. The van der Waals surface area contributed by atoms with E-state index in [1.54, 1.807) is 6.07 Å². The summed E-state index contributed by atoms with van der Waals surface area (Å²) in [7, 11) is 0. The van der Waals surface area contributed by atoms with Crippen LogP contribution in [0.5, 0.6) is 0 Å². The van der Waals surface area contributed by atoms with Gasteiger partial charge in [0.05, 0.1) is 5.56 Å². The predicted molar refractivity (Wildman–Crippen MR) is 93.3 cm³/mol. The average Bonchev–Trinajstić information content (AvgIpc) is 2.60. The third-order valence-electron chi connectivity index (χ3n) is 4.36. The van der Waals surface area contributed by atoms with E-state index in [2.05, 4.69) is 22.0 Å². The van der Waals surface area contributed by atoms with Crippen LogP contribution >= 0.6 is 0 Å². The molecule has 2 aromatic rings. The SMILES string of the molecule is Cc1cc(-c2cccc(C(F)(F)F)c2)cc(CCN2CC=CCC2)n1. The highest BCUT2D eigenvalue weighted by molar-refractivity contribution is 5.65. The molecule has 0 bridgehead atoms. The lowest BCUT2D eigenvalue weighted by Gasteiger charge is -2.22. The van der Waals surface area contributed by atoms with Gasteiger partial charge in [0.15, 0.2) is 0 Å². The van der Waals surface area contributed by atoms with E-state index in [-0.39, 0.29) is 0 Å². The van der Waals surface area contributed by atoms with Gasteiger partial charge in [-0.05, 0) is 48.7 Å². The van der Waals surface area contributed by atoms with Gasteiger partial charge in [-0.25, -0.2) is 0 Å². The number of halogens is 3. The molecule has 0 amide bonds. The Morgan fingerprint density at radius 3 is 2.64 bits per heavy atom. The van der Waals surface area contributed by atoms with Gasteiger partial charge in [-0.2, -0.15) is 13.2 Å². The maximum absolute atomic E-state index is 12.9. The van der Waals surface area contributed by atoms with Gasteiger partial charge in [0.25, 0.3) is 0 Å². The van der Waals surface area contributed by atoms with Crippen LogP contribution < -0.4 is 0 Å². The van der Waals surface area contributed by atoms with Gasteiger partial charge in [-0.15, -0.1) is 0 Å². The van der Waals surface area contributed by atoms with Gasteiger partial charge in [0.2, 0.25) is 0 Å². The van der Waals surface area contributed by atoms with E-state index < -0.39 is 11.7 Å². The summed E-state index contributed by atoms with van der Waals surface area (Å²) >= 11 is 0. The highest BCUT2D eigenvalue weighted by atomic mass is 19.4. The van der Waals surface area contributed by atoms with Crippen LogP contribution in [0.1, 0.15) is 23.4 Å². The molecule has 0 saturated carbocycles. The summed E-state index contributed by atoms with van der Waals surface area (Å²) in [6.45, 7) is 4.78. The Morgan fingerprint density at radius 1 is 1.08 bits per heavy atom. The molecule has 1 aromatic carbocycles. The predicted octanol–water partition coefficient (Wildman–Crippen LogP) is 4.88. The number of alkyl halides is 3. The molecule has 132 valence electrons. The summed E-state index contributed by atoms with van der Waals surface area (Å²) in [5.74, 6) is 0. The lowest BCUT2D eigenvalue weighted by Crippen LogP contribution is -2.29. The quantitative estimate of drug-likeness (QED) is 0.734. The second-order valence-corrected chi connectivity index (χ2v) is 6.38. The number of hydrogen-bond acceptors (Lipinski definition) is 2. The van der Waals surface area contributed by atoms with Crippen molar-refractivity contribution in [2.45, 2.75) is 25.9 Å². The van der Waals surface area contributed by atoms with Crippen LogP contribution in [0.25, 0.3) is 11.1 Å². The average molecular weight is 346 g/mol. The van der Waals surface area contributed by atoms with Crippen molar-refractivity contribution in [2.75, 3.05) is 19.6 Å². The maximum Gasteiger partial charge on any atom is 0.416 e. The Kier molecular flexibility index (Phi) is 5.23. The van der Waals surface area contributed by atoms with Gasteiger partial charge in [-0.3, -0.25) is 9.88 Å². The molecule has 3 rings (SSSR count). The fraction of sp³-hybridized carbons (Fsp3) is 0.350. The van der Waals surface area contributed by atoms with Crippen molar-refractivity contribution in [3.63, 3.8) is 0 Å². The van der Waals surface area contributed by atoms with Crippen LogP contribution in [0.2, 0.25) is 0 Å². The second kappa shape index (κ2) is 7.40. The zero-order chi connectivity index (χ0) is 17.9. The molecule has 0 fully saturated rings. The number of rotatable bonds is 4. The zero-order valence-electron chi connectivity index (χ0n) is 14.2. The number of aryl methyl sites for hydroxylation is 1. The van der Waals surface area contributed by atoms with Crippen LogP contribution in [-0.4, -0.2) is 29.5 Å². The van der Waals surface area contributed by atoms with Gasteiger partial charge in [-0.1, -0.05) is 24.3 Å². The molecule has 0 unspecified atom stereocenters. The van der Waals surface area contributed by atoms with E-state index >= 15 is 0 Å². The first kappa shape index (κ1) is 17.7. The van der Waals surface area contributed by atoms with Crippen LogP contribution in [0.15, 0.2) is 48.6 Å². The van der Waals surface area contributed by atoms with Gasteiger partial charge in [0.1, 0.15) is 0 Å². The number of nitrogens with zero attached hydrogens (tertiary/aromatic N) is 2. The molecule has 1 aromatic heterocycles. The minimum atomic E-state index is -4.33. The molecule has 0 saturated heterocycles. The first-order valence-electron chi connectivity index (χ1n) is 8.44. The van der Waals surface area contributed by atoms with E-state index in [4.69, 9.17) is 0 Å². The smallest absolute Gasteiger partial charge is 0.299 e. The molecule has 1 aliphatic rings. The summed E-state index contributed by atoms with van der Waals surface area (Å²) in [6, 6.07) is 9.21. The molecular formula is C20H21F3N2. The molecule has 0 spiro atoms. The number of hydrogen-bond donors (Lipinski definition) is 0. The number of aromatic nitrogens is 1. The van der Waals surface area contributed by atoms with Crippen molar-refractivity contribution in [3.05, 3.63) is 65.5 Å².